The van der Waals surface area contributed by atoms with Crippen LogP contribution >= 0.6 is 11.8 Å². The zero-order chi connectivity index (χ0) is 18.8. The smallest absolute Gasteiger partial charge is 0.338 e. The van der Waals surface area contributed by atoms with Crippen molar-refractivity contribution in [2.45, 2.75) is 19.9 Å². The third kappa shape index (κ3) is 3.49. The van der Waals surface area contributed by atoms with Gasteiger partial charge in [-0.05, 0) is 37.0 Å². The molecule has 3 aliphatic heterocycles. The zero-order valence-corrected chi connectivity index (χ0v) is 16.4. The number of nitrogens with zero attached hydrogens (tertiary/aromatic N) is 3. The van der Waals surface area contributed by atoms with Crippen LogP contribution in [0.5, 0.6) is 0 Å². The van der Waals surface area contributed by atoms with E-state index in [4.69, 9.17) is 9.47 Å². The standard InChI is InChI=1S/C20H23N3O3S/c1-3-26-19(24)17-14(2)21-20-23(10-13-27-20)18(17)15-4-6-16(7-5-15)22-8-11-25-12-9-22/h4-7,10,13,18H,3,8-9,11-12H2,1-2H3/t18-/m0/s1. The lowest BCUT2D eigenvalue weighted by atomic mass is 9.94. The number of rotatable bonds is 4. The molecule has 1 saturated heterocycles. The van der Waals surface area contributed by atoms with E-state index < -0.39 is 0 Å². The number of aliphatic imine (C=N–C) groups is 1. The average molecular weight is 385 g/mol. The third-order valence-electron chi connectivity index (χ3n) is 4.90. The van der Waals surface area contributed by atoms with Gasteiger partial charge in [0.25, 0.3) is 0 Å². The van der Waals surface area contributed by atoms with Gasteiger partial charge in [-0.2, -0.15) is 0 Å². The minimum absolute atomic E-state index is 0.221. The van der Waals surface area contributed by atoms with Gasteiger partial charge in [-0.3, -0.25) is 0 Å². The Labute approximate surface area is 163 Å². The van der Waals surface area contributed by atoms with Crippen LogP contribution in [0.1, 0.15) is 25.5 Å². The molecule has 3 heterocycles. The number of fused-ring (bicyclic) bond motifs is 1. The maximum Gasteiger partial charge on any atom is 0.338 e. The van der Waals surface area contributed by atoms with Crippen molar-refractivity contribution in [2.75, 3.05) is 37.8 Å². The molecule has 1 aromatic rings. The second-order valence-electron chi connectivity index (χ2n) is 6.52. The molecule has 0 aliphatic carbocycles. The number of allylic oxidation sites excluding steroid dienone is 1. The van der Waals surface area contributed by atoms with Crippen LogP contribution in [0.4, 0.5) is 5.69 Å². The van der Waals surface area contributed by atoms with Gasteiger partial charge in [0.2, 0.25) is 0 Å². The van der Waals surface area contributed by atoms with Gasteiger partial charge in [0.15, 0.2) is 5.17 Å². The molecular weight excluding hydrogens is 362 g/mol. The van der Waals surface area contributed by atoms with Crippen molar-refractivity contribution >= 4 is 28.6 Å². The molecule has 0 unspecified atom stereocenters. The molecule has 0 bridgehead atoms. The van der Waals surface area contributed by atoms with Crippen molar-refractivity contribution in [1.29, 1.82) is 0 Å². The molecule has 1 aromatic carbocycles. The molecule has 0 aromatic heterocycles. The molecule has 4 rings (SSSR count). The number of carbonyl (C=O) groups excluding carboxylic acids is 1. The minimum Gasteiger partial charge on any atom is -0.463 e. The second-order valence-corrected chi connectivity index (χ2v) is 7.39. The molecule has 0 spiro atoms. The molecule has 0 saturated carbocycles. The van der Waals surface area contributed by atoms with Crippen LogP contribution in [0.3, 0.4) is 0 Å². The molecule has 27 heavy (non-hydrogen) atoms. The monoisotopic (exact) mass is 385 g/mol. The van der Waals surface area contributed by atoms with Crippen molar-refractivity contribution in [1.82, 2.24) is 4.90 Å². The first-order chi connectivity index (χ1) is 13.2. The van der Waals surface area contributed by atoms with Crippen molar-refractivity contribution in [2.24, 2.45) is 4.99 Å². The Morgan fingerprint density at radius 2 is 2.04 bits per heavy atom. The maximum atomic E-state index is 12.7. The molecule has 142 valence electrons. The fraction of sp³-hybridized carbons (Fsp3) is 0.400. The summed E-state index contributed by atoms with van der Waals surface area (Å²) in [6.45, 7) is 7.37. The molecular formula is C20H23N3O3S. The van der Waals surface area contributed by atoms with Gasteiger partial charge < -0.3 is 19.3 Å². The van der Waals surface area contributed by atoms with Gasteiger partial charge in [0.05, 0.1) is 37.1 Å². The summed E-state index contributed by atoms with van der Waals surface area (Å²) in [5.41, 5.74) is 3.55. The highest BCUT2D eigenvalue weighted by Gasteiger charge is 2.37. The van der Waals surface area contributed by atoms with E-state index in [0.29, 0.717) is 12.2 Å². The average Bonchev–Trinajstić information content (AvgIpc) is 3.16. The van der Waals surface area contributed by atoms with Crippen LogP contribution in [-0.2, 0) is 14.3 Å². The molecule has 7 heteroatoms. The Bertz CT molecular complexity index is 810. The number of ether oxygens (including phenoxy) is 2. The lowest BCUT2D eigenvalue weighted by molar-refractivity contribution is -0.139. The third-order valence-corrected chi connectivity index (χ3v) is 5.67. The number of amidine groups is 1. The molecule has 0 amide bonds. The first kappa shape index (κ1) is 18.1. The Morgan fingerprint density at radius 3 is 2.74 bits per heavy atom. The van der Waals surface area contributed by atoms with Crippen LogP contribution in [-0.4, -0.2) is 48.9 Å². The summed E-state index contributed by atoms with van der Waals surface area (Å²) in [4.78, 5) is 21.6. The Kier molecular flexibility index (Phi) is 5.22. The molecule has 6 nitrogen and oxygen atoms in total. The number of hydrogen-bond acceptors (Lipinski definition) is 7. The summed E-state index contributed by atoms with van der Waals surface area (Å²) in [6.07, 6.45) is 1.98. The molecule has 1 atom stereocenters. The van der Waals surface area contributed by atoms with E-state index in [1.165, 1.54) is 5.69 Å². The van der Waals surface area contributed by atoms with Crippen molar-refractivity contribution in [3.8, 4) is 0 Å². The second kappa shape index (κ2) is 7.78. The highest BCUT2D eigenvalue weighted by atomic mass is 32.2. The van der Waals surface area contributed by atoms with E-state index in [1.54, 1.807) is 11.8 Å². The highest BCUT2D eigenvalue weighted by Crippen LogP contribution is 2.41. The SMILES string of the molecule is CCOC(=O)C1=C(C)N=C2SC=CN2[C@H]1c1ccc(N2CCOCC2)cc1. The quantitative estimate of drug-likeness (QED) is 0.742. The van der Waals surface area contributed by atoms with E-state index >= 15 is 0 Å². The topological polar surface area (TPSA) is 54.4 Å². The highest BCUT2D eigenvalue weighted by molar-refractivity contribution is 8.16. The summed E-state index contributed by atoms with van der Waals surface area (Å²) in [7, 11) is 0. The number of benzene rings is 1. The largest absolute Gasteiger partial charge is 0.463 e. The fourth-order valence-electron chi connectivity index (χ4n) is 3.59. The molecule has 0 radical (unpaired) electrons. The minimum atomic E-state index is -0.301. The summed E-state index contributed by atoms with van der Waals surface area (Å²) in [6, 6.07) is 8.22. The summed E-state index contributed by atoms with van der Waals surface area (Å²) >= 11 is 1.57. The zero-order valence-electron chi connectivity index (χ0n) is 15.6. The number of thioether (sulfide) groups is 1. The molecule has 3 aliphatic rings. The summed E-state index contributed by atoms with van der Waals surface area (Å²) in [5, 5.41) is 2.89. The van der Waals surface area contributed by atoms with Crippen LogP contribution < -0.4 is 4.90 Å². The van der Waals surface area contributed by atoms with E-state index in [0.717, 1.165) is 42.7 Å². The summed E-state index contributed by atoms with van der Waals surface area (Å²) < 4.78 is 10.8. The van der Waals surface area contributed by atoms with E-state index in [1.807, 2.05) is 30.4 Å². The van der Waals surface area contributed by atoms with Gasteiger partial charge in [0, 0.05) is 25.0 Å². The van der Waals surface area contributed by atoms with Gasteiger partial charge in [-0.15, -0.1) is 0 Å². The normalized spacial score (nSPS) is 22.0. The van der Waals surface area contributed by atoms with Crippen molar-refractivity contribution < 1.29 is 14.3 Å². The van der Waals surface area contributed by atoms with Gasteiger partial charge in [-0.1, -0.05) is 23.9 Å². The van der Waals surface area contributed by atoms with Crippen LogP contribution in [0, 0.1) is 0 Å². The fourth-order valence-corrected chi connectivity index (χ4v) is 4.38. The van der Waals surface area contributed by atoms with Gasteiger partial charge in [-0.25, -0.2) is 9.79 Å². The van der Waals surface area contributed by atoms with Crippen LogP contribution in [0.15, 0.2) is 52.1 Å². The predicted molar refractivity (Wildman–Crippen MR) is 108 cm³/mol. The molecule has 1 fully saturated rings. The number of anilines is 1. The Balaban J connectivity index is 1.67. The Morgan fingerprint density at radius 1 is 1.30 bits per heavy atom. The predicted octanol–water partition coefficient (Wildman–Crippen LogP) is 3.29. The van der Waals surface area contributed by atoms with E-state index in [9.17, 15) is 4.79 Å². The number of esters is 1. The van der Waals surface area contributed by atoms with Gasteiger partial charge in [0.1, 0.15) is 0 Å². The van der Waals surface area contributed by atoms with Crippen molar-refractivity contribution in [3.63, 3.8) is 0 Å². The number of hydrogen-bond donors (Lipinski definition) is 0. The van der Waals surface area contributed by atoms with Crippen LogP contribution in [0.25, 0.3) is 0 Å². The summed E-state index contributed by atoms with van der Waals surface area (Å²) in [5.74, 6) is -0.301. The van der Waals surface area contributed by atoms with E-state index in [2.05, 4.69) is 34.2 Å². The number of morpholine rings is 1. The Hall–Kier alpha value is -2.25. The van der Waals surface area contributed by atoms with Gasteiger partial charge >= 0.3 is 5.97 Å². The van der Waals surface area contributed by atoms with E-state index in [-0.39, 0.29) is 12.0 Å². The first-order valence-electron chi connectivity index (χ1n) is 9.20. The molecule has 0 N–H and O–H groups in total. The lowest BCUT2D eigenvalue weighted by Gasteiger charge is -2.34. The number of carbonyl (C=O) groups is 1. The maximum absolute atomic E-state index is 12.7. The van der Waals surface area contributed by atoms with Crippen LogP contribution in [0.2, 0.25) is 0 Å². The van der Waals surface area contributed by atoms with Crippen molar-refractivity contribution in [3.05, 3.63) is 52.7 Å². The lowest BCUT2D eigenvalue weighted by Crippen LogP contribution is -2.36. The first-order valence-corrected chi connectivity index (χ1v) is 10.1.